The summed E-state index contributed by atoms with van der Waals surface area (Å²) >= 11 is 0. The summed E-state index contributed by atoms with van der Waals surface area (Å²) in [5.41, 5.74) is -0.166. The van der Waals surface area contributed by atoms with E-state index in [1.165, 1.54) is 0 Å². The predicted octanol–water partition coefficient (Wildman–Crippen LogP) is 12.3. The van der Waals surface area contributed by atoms with Crippen molar-refractivity contribution in [3.8, 4) is 5.75 Å². The van der Waals surface area contributed by atoms with Gasteiger partial charge in [-0.25, -0.2) is 30.7 Å². The maximum atomic E-state index is 16.1. The number of benzene rings is 3. The Bertz CT molecular complexity index is 1450. The van der Waals surface area contributed by atoms with Gasteiger partial charge < -0.3 is 4.43 Å². The molecular weight excluding hydrogens is 609 g/mol. The largest absolute Gasteiger partial charge is 0.539 e. The van der Waals surface area contributed by atoms with Crippen molar-refractivity contribution in [2.24, 2.45) is 0 Å². The van der Waals surface area contributed by atoms with Crippen LogP contribution in [0.3, 0.4) is 0 Å². The minimum Gasteiger partial charge on any atom is -0.539 e. The maximum Gasteiger partial charge on any atom is 0.254 e. The van der Waals surface area contributed by atoms with E-state index in [-0.39, 0.29) is 11.6 Å². The Morgan fingerprint density at radius 1 is 0.581 bits per heavy atom. The molecule has 43 heavy (non-hydrogen) atoms. The summed E-state index contributed by atoms with van der Waals surface area (Å²) < 4.78 is 127. The SMILES string of the molecule is CCCCCC[Si](CCC[Si](CC)(CC)CC)(Oc1c(F)c(F)c2c(F)c3cc(F)c(F)c(F)c3c(F)c2c1F)C(C)C. The first-order chi connectivity index (χ1) is 20.3. The fraction of sp³-hybridized carbons (Fsp3) is 0.562. The monoisotopic (exact) mass is 650 g/mol. The third kappa shape index (κ3) is 6.62. The number of hydrogen-bond acceptors (Lipinski definition) is 1. The van der Waals surface area contributed by atoms with Gasteiger partial charge in [0.15, 0.2) is 34.8 Å². The summed E-state index contributed by atoms with van der Waals surface area (Å²) in [6.07, 6.45) is 4.27. The van der Waals surface area contributed by atoms with Gasteiger partial charge in [-0.3, -0.25) is 0 Å². The van der Waals surface area contributed by atoms with Crippen molar-refractivity contribution in [2.45, 2.75) is 115 Å². The molecular formula is C32H42F8OSi2. The van der Waals surface area contributed by atoms with Crippen LogP contribution in [0.2, 0.25) is 41.8 Å². The van der Waals surface area contributed by atoms with Crippen LogP contribution in [-0.2, 0) is 0 Å². The summed E-state index contributed by atoms with van der Waals surface area (Å²) in [7, 11) is -4.65. The van der Waals surface area contributed by atoms with Crippen molar-refractivity contribution in [3.63, 3.8) is 0 Å². The molecule has 0 spiro atoms. The molecule has 0 aliphatic carbocycles. The molecule has 3 aromatic carbocycles. The van der Waals surface area contributed by atoms with E-state index in [2.05, 4.69) is 27.7 Å². The van der Waals surface area contributed by atoms with E-state index in [0.29, 0.717) is 12.1 Å². The highest BCUT2D eigenvalue weighted by atomic mass is 28.4. The van der Waals surface area contributed by atoms with Crippen molar-refractivity contribution in [1.82, 2.24) is 0 Å². The van der Waals surface area contributed by atoms with Crippen LogP contribution >= 0.6 is 0 Å². The van der Waals surface area contributed by atoms with Crippen molar-refractivity contribution < 1.29 is 39.5 Å². The second kappa shape index (κ2) is 14.3. The molecule has 1 nitrogen and oxygen atoms in total. The van der Waals surface area contributed by atoms with Crippen LogP contribution in [0, 0.1) is 46.5 Å². The highest BCUT2D eigenvalue weighted by Crippen LogP contribution is 2.44. The van der Waals surface area contributed by atoms with Crippen LogP contribution in [0.5, 0.6) is 5.75 Å². The molecule has 0 amide bonds. The van der Waals surface area contributed by atoms with Gasteiger partial charge in [-0.1, -0.05) is 97.8 Å². The predicted molar refractivity (Wildman–Crippen MR) is 163 cm³/mol. The topological polar surface area (TPSA) is 9.23 Å². The molecule has 1 atom stereocenters. The van der Waals surface area contributed by atoms with Crippen LogP contribution < -0.4 is 4.43 Å². The molecule has 0 fully saturated rings. The summed E-state index contributed by atoms with van der Waals surface area (Å²) in [5, 5.41) is -5.44. The quantitative estimate of drug-likeness (QED) is 0.0397. The minimum atomic E-state index is -3.11. The van der Waals surface area contributed by atoms with Crippen LogP contribution in [0.25, 0.3) is 21.5 Å². The van der Waals surface area contributed by atoms with E-state index in [1.54, 1.807) is 0 Å². The third-order valence-corrected chi connectivity index (χ3v) is 20.7. The number of hydrogen-bond donors (Lipinski definition) is 0. The van der Waals surface area contributed by atoms with E-state index in [4.69, 9.17) is 4.43 Å². The first kappa shape index (κ1) is 35.3. The van der Waals surface area contributed by atoms with Gasteiger partial charge in [0.1, 0.15) is 11.6 Å². The lowest BCUT2D eigenvalue weighted by molar-refractivity contribution is 0.407. The smallest absolute Gasteiger partial charge is 0.254 e. The lowest BCUT2D eigenvalue weighted by Gasteiger charge is -2.37. The zero-order valence-electron chi connectivity index (χ0n) is 25.9. The average Bonchev–Trinajstić information content (AvgIpc) is 2.98. The first-order valence-electron chi connectivity index (χ1n) is 15.4. The molecule has 0 saturated heterocycles. The third-order valence-electron chi connectivity index (χ3n) is 9.71. The van der Waals surface area contributed by atoms with Crippen molar-refractivity contribution >= 4 is 37.9 Å². The number of halogens is 8. The molecule has 240 valence electrons. The zero-order valence-corrected chi connectivity index (χ0v) is 27.9. The second-order valence-electron chi connectivity index (χ2n) is 12.1. The van der Waals surface area contributed by atoms with Crippen molar-refractivity contribution in [1.29, 1.82) is 0 Å². The van der Waals surface area contributed by atoms with E-state index >= 15 is 22.0 Å². The number of fused-ring (bicyclic) bond motifs is 2. The Balaban J connectivity index is 2.23. The normalized spacial score (nSPS) is 13.8. The van der Waals surface area contributed by atoms with E-state index in [0.717, 1.165) is 56.3 Å². The summed E-state index contributed by atoms with van der Waals surface area (Å²) in [5.74, 6) is -16.4. The molecule has 0 aliphatic heterocycles. The summed E-state index contributed by atoms with van der Waals surface area (Å²) in [6.45, 7) is 12.4. The summed E-state index contributed by atoms with van der Waals surface area (Å²) in [4.78, 5) is 0. The molecule has 0 N–H and O–H groups in total. The van der Waals surface area contributed by atoms with Crippen molar-refractivity contribution in [2.75, 3.05) is 0 Å². The van der Waals surface area contributed by atoms with Crippen LogP contribution in [0.1, 0.15) is 73.6 Å². The fourth-order valence-electron chi connectivity index (χ4n) is 6.40. The molecule has 0 aromatic heterocycles. The van der Waals surface area contributed by atoms with Gasteiger partial charge in [-0.15, -0.1) is 0 Å². The van der Waals surface area contributed by atoms with Gasteiger partial charge in [0.2, 0.25) is 5.82 Å². The fourth-order valence-corrected chi connectivity index (χ4v) is 14.3. The number of unbranched alkanes of at least 4 members (excludes halogenated alkanes) is 3. The Hall–Kier alpha value is -2.15. The standard InChI is InChI=1S/C32H42F8OSi2/c1-7-11-12-13-16-43(19(5)6,17-14-15-42(8-2,9-3)10-4)41-32-30(39)24-23(29(38)31(32)40)25(34)20-18-21(33)26(35)28(37)22(20)27(24)36/h18-19H,7-17H2,1-6H3. The molecule has 11 heteroatoms. The van der Waals surface area contributed by atoms with Crippen LogP contribution in [-0.4, -0.2) is 16.4 Å². The molecule has 3 aromatic rings. The Kier molecular flexibility index (Phi) is 11.8. The molecule has 3 rings (SSSR count). The highest BCUT2D eigenvalue weighted by molar-refractivity contribution is 6.80. The average molecular weight is 651 g/mol. The lowest BCUT2D eigenvalue weighted by Crippen LogP contribution is -2.46. The van der Waals surface area contributed by atoms with E-state index in [1.807, 2.05) is 13.8 Å². The van der Waals surface area contributed by atoms with Gasteiger partial charge in [0, 0.05) is 5.39 Å². The van der Waals surface area contributed by atoms with Crippen LogP contribution in [0.15, 0.2) is 6.07 Å². The molecule has 0 bridgehead atoms. The zero-order chi connectivity index (χ0) is 32.3. The maximum absolute atomic E-state index is 16.1. The minimum absolute atomic E-state index is 0.129. The van der Waals surface area contributed by atoms with Gasteiger partial charge in [0.05, 0.1) is 24.2 Å². The lowest BCUT2D eigenvalue weighted by atomic mass is 9.99. The van der Waals surface area contributed by atoms with Crippen molar-refractivity contribution in [3.05, 3.63) is 52.6 Å². The van der Waals surface area contributed by atoms with E-state index in [9.17, 15) is 13.2 Å². The summed E-state index contributed by atoms with van der Waals surface area (Å²) in [6, 6.07) is 5.50. The molecule has 0 aliphatic rings. The molecule has 0 heterocycles. The van der Waals surface area contributed by atoms with Crippen LogP contribution in [0.4, 0.5) is 35.1 Å². The second-order valence-corrected chi connectivity index (χ2v) is 22.2. The van der Waals surface area contributed by atoms with Gasteiger partial charge in [-0.2, -0.15) is 4.39 Å². The van der Waals surface area contributed by atoms with Gasteiger partial charge >= 0.3 is 0 Å². The Morgan fingerprint density at radius 2 is 1.14 bits per heavy atom. The molecule has 0 radical (unpaired) electrons. The first-order valence-corrected chi connectivity index (χ1v) is 20.6. The Morgan fingerprint density at radius 3 is 1.70 bits per heavy atom. The molecule has 0 saturated carbocycles. The highest BCUT2D eigenvalue weighted by Gasteiger charge is 2.43. The van der Waals surface area contributed by atoms with Gasteiger partial charge in [-0.05, 0) is 23.7 Å². The number of rotatable bonds is 15. The van der Waals surface area contributed by atoms with Gasteiger partial charge in [0.25, 0.3) is 8.32 Å². The molecule has 1 unspecified atom stereocenters. The Labute approximate surface area is 251 Å². The van der Waals surface area contributed by atoms with E-state index < -0.39 is 90.2 Å².